The number of sulfonamides is 1. The van der Waals surface area contributed by atoms with Crippen molar-refractivity contribution in [3.05, 3.63) is 35.2 Å². The monoisotopic (exact) mass is 662 g/mol. The van der Waals surface area contributed by atoms with Gasteiger partial charge in [-0.1, -0.05) is 31.3 Å². The second kappa shape index (κ2) is 16.4. The van der Waals surface area contributed by atoms with Gasteiger partial charge in [0.05, 0.1) is 30.4 Å². The van der Waals surface area contributed by atoms with Gasteiger partial charge >= 0.3 is 0 Å². The number of carbonyl (C=O) groups excluding carboxylic acids is 1. The Kier molecular flexibility index (Phi) is 12.9. The molecular formula is C34H54N4O7S. The minimum atomic E-state index is -4.04. The van der Waals surface area contributed by atoms with Crippen LogP contribution in [-0.4, -0.2) is 92.5 Å². The van der Waals surface area contributed by atoms with E-state index in [0.717, 1.165) is 32.4 Å². The fourth-order valence-corrected chi connectivity index (χ4v) is 8.09. The highest BCUT2D eigenvalue weighted by atomic mass is 32.2. The molecule has 0 spiro atoms. The summed E-state index contributed by atoms with van der Waals surface area (Å²) in [5, 5.41) is 14.0. The molecule has 0 saturated heterocycles. The van der Waals surface area contributed by atoms with Gasteiger partial charge in [0, 0.05) is 37.8 Å². The van der Waals surface area contributed by atoms with Gasteiger partial charge in [0.15, 0.2) is 10.7 Å². The average molecular weight is 663 g/mol. The number of anilines is 1. The third kappa shape index (κ3) is 9.45. The third-order valence-corrected chi connectivity index (χ3v) is 11.0. The first-order valence-electron chi connectivity index (χ1n) is 16.9. The molecule has 258 valence electrons. The van der Waals surface area contributed by atoms with Crippen LogP contribution >= 0.6 is 0 Å². The van der Waals surface area contributed by atoms with E-state index in [-0.39, 0.29) is 58.2 Å². The summed E-state index contributed by atoms with van der Waals surface area (Å²) in [7, 11) is -1.88. The Bertz CT molecular complexity index is 1370. The number of rotatable bonds is 9. The molecule has 4 rings (SSSR count). The van der Waals surface area contributed by atoms with Crippen LogP contribution in [0.25, 0.3) is 0 Å². The number of hydrogen-bond acceptors (Lipinski definition) is 9. The Morgan fingerprint density at radius 1 is 1.09 bits per heavy atom. The maximum atomic E-state index is 14.4. The van der Waals surface area contributed by atoms with Crippen molar-refractivity contribution in [2.75, 3.05) is 44.6 Å². The second-order valence-electron chi connectivity index (χ2n) is 13.5. The van der Waals surface area contributed by atoms with Crippen LogP contribution < -0.4 is 9.46 Å². The fourth-order valence-electron chi connectivity index (χ4n) is 6.71. The molecule has 11 nitrogen and oxygen atoms in total. The molecule has 2 heterocycles. The molecule has 1 aliphatic heterocycles. The van der Waals surface area contributed by atoms with E-state index in [1.165, 1.54) is 45.1 Å². The molecule has 1 fully saturated rings. The number of ether oxygens (including phenoxy) is 2. The Hall–Kier alpha value is -2.67. The maximum Gasteiger partial charge on any atom is 0.267 e. The van der Waals surface area contributed by atoms with Crippen LogP contribution in [0.15, 0.2) is 27.6 Å². The number of aromatic nitrogens is 1. The summed E-state index contributed by atoms with van der Waals surface area (Å²) in [5.41, 5.74) is 0.677. The molecule has 4 atom stereocenters. The highest BCUT2D eigenvalue weighted by Gasteiger charge is 2.31. The van der Waals surface area contributed by atoms with E-state index in [1.807, 2.05) is 13.8 Å². The topological polar surface area (TPSA) is 134 Å². The van der Waals surface area contributed by atoms with E-state index >= 15 is 0 Å². The molecule has 1 amide bonds. The molecular weight excluding hydrogens is 608 g/mol. The molecule has 0 radical (unpaired) electrons. The van der Waals surface area contributed by atoms with Crippen molar-refractivity contribution in [1.29, 1.82) is 0 Å². The summed E-state index contributed by atoms with van der Waals surface area (Å²) in [4.78, 5) is 18.4. The Labute approximate surface area is 275 Å². The highest BCUT2D eigenvalue weighted by molar-refractivity contribution is 7.92. The van der Waals surface area contributed by atoms with Gasteiger partial charge in [-0.15, -0.1) is 0 Å². The number of nitrogens with one attached hydrogen (secondary N) is 1. The van der Waals surface area contributed by atoms with Gasteiger partial charge in [-0.2, -0.15) is 0 Å². The SMILES string of the molecule is Cc1noc(C)c1S(=O)(=O)Nc1ccc2c(c1)C(=O)N([C@H](C)CO)C[C@H](C)[C@@H](CN(C)CC1CCCCC1)OCCCC[C@H](C)O2. The molecule has 1 aromatic heterocycles. The first-order chi connectivity index (χ1) is 21.9. The van der Waals surface area contributed by atoms with Gasteiger partial charge in [-0.25, -0.2) is 8.42 Å². The Balaban J connectivity index is 1.63. The molecule has 0 unspecified atom stereocenters. The van der Waals surface area contributed by atoms with E-state index in [0.29, 0.717) is 24.8 Å². The predicted molar refractivity (Wildman–Crippen MR) is 178 cm³/mol. The lowest BCUT2D eigenvalue weighted by Crippen LogP contribution is -2.47. The summed E-state index contributed by atoms with van der Waals surface area (Å²) < 4.78 is 47.1. The van der Waals surface area contributed by atoms with Gasteiger partial charge in [0.2, 0.25) is 0 Å². The van der Waals surface area contributed by atoms with Crippen LogP contribution in [0.3, 0.4) is 0 Å². The summed E-state index contributed by atoms with van der Waals surface area (Å²) in [6, 6.07) is 4.25. The smallest absolute Gasteiger partial charge is 0.267 e. The first kappa shape index (κ1) is 36.2. The number of carbonyl (C=O) groups is 1. The normalized spacial score (nSPS) is 23.4. The minimum absolute atomic E-state index is 0.0285. The van der Waals surface area contributed by atoms with Gasteiger partial charge in [-0.05, 0) is 91.0 Å². The lowest BCUT2D eigenvalue weighted by Gasteiger charge is -2.36. The van der Waals surface area contributed by atoms with E-state index in [2.05, 4.69) is 28.8 Å². The molecule has 1 aromatic carbocycles. The summed E-state index contributed by atoms with van der Waals surface area (Å²) in [6.07, 6.45) is 8.79. The molecule has 1 saturated carbocycles. The number of hydrogen-bond donors (Lipinski definition) is 2. The van der Waals surface area contributed by atoms with Gasteiger partial charge < -0.3 is 28.9 Å². The van der Waals surface area contributed by atoms with Gasteiger partial charge in [-0.3, -0.25) is 9.52 Å². The van der Waals surface area contributed by atoms with Crippen molar-refractivity contribution in [3.63, 3.8) is 0 Å². The number of likely N-dealkylation sites (N-methyl/N-ethyl adjacent to an activating group) is 1. The number of aliphatic hydroxyl groups excluding tert-OH is 1. The van der Waals surface area contributed by atoms with Crippen LogP contribution in [0.2, 0.25) is 0 Å². The molecule has 0 bridgehead atoms. The lowest BCUT2D eigenvalue weighted by atomic mass is 9.89. The zero-order chi connectivity index (χ0) is 33.4. The zero-order valence-electron chi connectivity index (χ0n) is 28.5. The largest absolute Gasteiger partial charge is 0.490 e. The van der Waals surface area contributed by atoms with Crippen molar-refractivity contribution >= 4 is 21.6 Å². The van der Waals surface area contributed by atoms with Crippen LogP contribution in [0.5, 0.6) is 5.75 Å². The lowest BCUT2D eigenvalue weighted by molar-refractivity contribution is -0.0190. The van der Waals surface area contributed by atoms with Crippen molar-refractivity contribution < 1.29 is 32.3 Å². The van der Waals surface area contributed by atoms with Crippen molar-refractivity contribution in [3.8, 4) is 5.75 Å². The predicted octanol–water partition coefficient (Wildman–Crippen LogP) is 5.40. The summed E-state index contributed by atoms with van der Waals surface area (Å²) >= 11 is 0. The van der Waals surface area contributed by atoms with E-state index < -0.39 is 16.1 Å². The van der Waals surface area contributed by atoms with E-state index in [1.54, 1.807) is 24.0 Å². The zero-order valence-corrected chi connectivity index (χ0v) is 29.3. The fraction of sp³-hybridized carbons (Fsp3) is 0.706. The molecule has 2 N–H and O–H groups in total. The summed E-state index contributed by atoms with van der Waals surface area (Å²) in [5.74, 6) is 0.883. The van der Waals surface area contributed by atoms with Crippen molar-refractivity contribution in [2.24, 2.45) is 11.8 Å². The van der Waals surface area contributed by atoms with Crippen LogP contribution in [0, 0.1) is 25.7 Å². The standard InChI is InChI=1S/C34H54N4O7S/c1-23-19-38(24(2)22-39)34(40)30-18-29(36-46(41,42)33-26(4)35-45-27(33)5)15-16-31(30)44-25(3)12-10-11-17-43-32(23)21-37(6)20-28-13-8-7-9-14-28/h15-16,18,23-25,28,32,36,39H,7-14,17,19-22H2,1-6H3/t23-,24+,25-,32+/m0/s1. The van der Waals surface area contributed by atoms with Crippen LogP contribution in [-0.2, 0) is 14.8 Å². The van der Waals surface area contributed by atoms with E-state index in [9.17, 15) is 18.3 Å². The molecule has 2 aromatic rings. The highest BCUT2D eigenvalue weighted by Crippen LogP contribution is 2.31. The van der Waals surface area contributed by atoms with Gasteiger partial charge in [0.25, 0.3) is 15.9 Å². The van der Waals surface area contributed by atoms with Crippen molar-refractivity contribution in [1.82, 2.24) is 15.0 Å². The quantitative estimate of drug-likeness (QED) is 0.362. The van der Waals surface area contributed by atoms with Gasteiger partial charge in [0.1, 0.15) is 11.4 Å². The van der Waals surface area contributed by atoms with Crippen LogP contribution in [0.4, 0.5) is 5.69 Å². The number of aliphatic hydroxyl groups is 1. The number of nitrogens with zero attached hydrogens (tertiary/aromatic N) is 3. The molecule has 1 aliphatic carbocycles. The Morgan fingerprint density at radius 3 is 2.48 bits per heavy atom. The molecule has 12 heteroatoms. The number of benzene rings is 1. The number of fused-ring (bicyclic) bond motifs is 1. The Morgan fingerprint density at radius 2 is 1.80 bits per heavy atom. The summed E-state index contributed by atoms with van der Waals surface area (Å²) in [6.45, 7) is 11.5. The molecule has 46 heavy (non-hydrogen) atoms. The number of aryl methyl sites for hydroxylation is 2. The van der Waals surface area contributed by atoms with Crippen molar-refractivity contribution in [2.45, 2.75) is 109 Å². The van der Waals surface area contributed by atoms with Crippen LogP contribution in [0.1, 0.15) is 93.9 Å². The minimum Gasteiger partial charge on any atom is -0.490 e. The average Bonchev–Trinajstić information content (AvgIpc) is 3.37. The number of amides is 1. The molecule has 2 aliphatic rings. The third-order valence-electron chi connectivity index (χ3n) is 9.33. The van der Waals surface area contributed by atoms with E-state index in [4.69, 9.17) is 14.0 Å². The first-order valence-corrected chi connectivity index (χ1v) is 18.4. The second-order valence-corrected chi connectivity index (χ2v) is 15.1. The maximum absolute atomic E-state index is 14.4.